The molecule has 0 saturated heterocycles. The van der Waals surface area contributed by atoms with Crippen molar-refractivity contribution in [3.8, 4) is 0 Å². The Morgan fingerprint density at radius 3 is 2.25 bits per heavy atom. The normalized spacial score (nSPS) is 10.1. The Bertz CT molecular complexity index is 397. The smallest absolute Gasteiger partial charge is 0.241 e. The molecule has 0 saturated carbocycles. The quantitative estimate of drug-likeness (QED) is 0.846. The Kier molecular flexibility index (Phi) is 3.93. The van der Waals surface area contributed by atoms with E-state index in [0.29, 0.717) is 6.54 Å². The molecule has 0 aromatic heterocycles. The van der Waals surface area contributed by atoms with Crippen LogP contribution in [0.4, 0.5) is 5.69 Å². The highest BCUT2D eigenvalue weighted by Crippen LogP contribution is 2.19. The minimum Gasteiger partial charge on any atom is -0.376 e. The van der Waals surface area contributed by atoms with Gasteiger partial charge < -0.3 is 10.2 Å². The molecule has 16 heavy (non-hydrogen) atoms. The van der Waals surface area contributed by atoms with Gasteiger partial charge in [-0.3, -0.25) is 4.79 Å². The third-order valence-corrected chi connectivity index (χ3v) is 2.77. The SMILES string of the molecule is Cc1cc(C)c(NCC(=O)N(C)C)cc1C. The summed E-state index contributed by atoms with van der Waals surface area (Å²) in [5.74, 6) is 0.0811. The molecule has 0 unspecified atom stereocenters. The topological polar surface area (TPSA) is 32.3 Å². The van der Waals surface area contributed by atoms with Crippen molar-refractivity contribution >= 4 is 11.6 Å². The van der Waals surface area contributed by atoms with Gasteiger partial charge in [-0.25, -0.2) is 0 Å². The Morgan fingerprint density at radius 2 is 1.69 bits per heavy atom. The molecule has 0 bridgehead atoms. The fraction of sp³-hybridized carbons (Fsp3) is 0.462. The van der Waals surface area contributed by atoms with Crippen molar-refractivity contribution in [1.29, 1.82) is 0 Å². The Labute approximate surface area is 97.5 Å². The van der Waals surface area contributed by atoms with Gasteiger partial charge in [-0.05, 0) is 43.5 Å². The summed E-state index contributed by atoms with van der Waals surface area (Å²) >= 11 is 0. The first kappa shape index (κ1) is 12.6. The molecular formula is C13H20N2O. The number of carbonyl (C=O) groups excluding carboxylic acids is 1. The van der Waals surface area contributed by atoms with Crippen molar-refractivity contribution in [2.75, 3.05) is 26.0 Å². The maximum absolute atomic E-state index is 11.4. The van der Waals surface area contributed by atoms with Crippen LogP contribution in [-0.2, 0) is 4.79 Å². The van der Waals surface area contributed by atoms with Gasteiger partial charge in [0.1, 0.15) is 0 Å². The zero-order valence-electron chi connectivity index (χ0n) is 10.7. The predicted octanol–water partition coefficient (Wildman–Crippen LogP) is 2.11. The summed E-state index contributed by atoms with van der Waals surface area (Å²) in [6.07, 6.45) is 0. The van der Waals surface area contributed by atoms with Crippen LogP contribution in [0.25, 0.3) is 0 Å². The van der Waals surface area contributed by atoms with Gasteiger partial charge >= 0.3 is 0 Å². The summed E-state index contributed by atoms with van der Waals surface area (Å²) < 4.78 is 0. The van der Waals surface area contributed by atoms with Crippen molar-refractivity contribution in [2.24, 2.45) is 0 Å². The number of nitrogens with zero attached hydrogens (tertiary/aromatic N) is 1. The molecule has 0 atom stereocenters. The molecule has 0 fully saturated rings. The molecular weight excluding hydrogens is 200 g/mol. The van der Waals surface area contributed by atoms with E-state index in [4.69, 9.17) is 0 Å². The van der Waals surface area contributed by atoms with E-state index in [2.05, 4.69) is 38.2 Å². The monoisotopic (exact) mass is 220 g/mol. The van der Waals surface area contributed by atoms with Crippen LogP contribution >= 0.6 is 0 Å². The van der Waals surface area contributed by atoms with Gasteiger partial charge in [0, 0.05) is 19.8 Å². The number of amides is 1. The van der Waals surface area contributed by atoms with Gasteiger partial charge in [0.25, 0.3) is 0 Å². The Hall–Kier alpha value is -1.51. The first-order chi connectivity index (χ1) is 7.41. The number of nitrogens with one attached hydrogen (secondary N) is 1. The average molecular weight is 220 g/mol. The first-order valence-corrected chi connectivity index (χ1v) is 5.43. The lowest BCUT2D eigenvalue weighted by Gasteiger charge is -2.14. The maximum Gasteiger partial charge on any atom is 0.241 e. The fourth-order valence-electron chi connectivity index (χ4n) is 1.48. The third-order valence-electron chi connectivity index (χ3n) is 2.77. The van der Waals surface area contributed by atoms with Crippen molar-refractivity contribution in [1.82, 2.24) is 4.90 Å². The summed E-state index contributed by atoms with van der Waals surface area (Å²) in [7, 11) is 3.52. The minimum atomic E-state index is 0.0811. The van der Waals surface area contributed by atoms with Crippen molar-refractivity contribution in [3.63, 3.8) is 0 Å². The summed E-state index contributed by atoms with van der Waals surface area (Å²) in [6.45, 7) is 6.57. The molecule has 1 N–H and O–H groups in total. The molecule has 1 aromatic carbocycles. The van der Waals surface area contributed by atoms with Crippen LogP contribution in [-0.4, -0.2) is 31.4 Å². The number of rotatable bonds is 3. The summed E-state index contributed by atoms with van der Waals surface area (Å²) in [5, 5.41) is 3.17. The maximum atomic E-state index is 11.4. The number of benzene rings is 1. The second-order valence-electron chi connectivity index (χ2n) is 4.39. The minimum absolute atomic E-state index is 0.0811. The number of aryl methyl sites for hydroxylation is 3. The fourth-order valence-corrected chi connectivity index (χ4v) is 1.48. The van der Waals surface area contributed by atoms with Gasteiger partial charge in [0.15, 0.2) is 0 Å². The molecule has 1 amide bonds. The molecule has 0 heterocycles. The summed E-state index contributed by atoms with van der Waals surface area (Å²) in [6, 6.07) is 4.23. The molecule has 88 valence electrons. The van der Waals surface area contributed by atoms with Crippen LogP contribution < -0.4 is 5.32 Å². The molecule has 3 heteroatoms. The number of anilines is 1. The van der Waals surface area contributed by atoms with Crippen LogP contribution in [0.15, 0.2) is 12.1 Å². The standard InChI is InChI=1S/C13H20N2O/c1-9-6-11(3)12(7-10(9)2)14-8-13(16)15(4)5/h6-7,14H,8H2,1-5H3. The van der Waals surface area contributed by atoms with Crippen molar-refractivity contribution in [3.05, 3.63) is 28.8 Å². The molecule has 0 aliphatic carbocycles. The van der Waals surface area contributed by atoms with E-state index in [1.165, 1.54) is 16.7 Å². The van der Waals surface area contributed by atoms with Gasteiger partial charge in [0.2, 0.25) is 5.91 Å². The van der Waals surface area contributed by atoms with E-state index in [0.717, 1.165) is 5.69 Å². The molecule has 0 spiro atoms. The summed E-state index contributed by atoms with van der Waals surface area (Å²) in [5.41, 5.74) is 4.74. The molecule has 0 aliphatic rings. The number of hydrogen-bond donors (Lipinski definition) is 1. The number of carbonyl (C=O) groups is 1. The van der Waals surface area contributed by atoms with Crippen LogP contribution in [0, 0.1) is 20.8 Å². The second kappa shape index (κ2) is 5.01. The molecule has 3 nitrogen and oxygen atoms in total. The van der Waals surface area contributed by atoms with Gasteiger partial charge in [-0.2, -0.15) is 0 Å². The predicted molar refractivity (Wildman–Crippen MR) is 67.8 cm³/mol. The van der Waals surface area contributed by atoms with E-state index < -0.39 is 0 Å². The molecule has 0 radical (unpaired) electrons. The van der Waals surface area contributed by atoms with Crippen LogP contribution in [0.1, 0.15) is 16.7 Å². The largest absolute Gasteiger partial charge is 0.376 e. The van der Waals surface area contributed by atoms with Crippen molar-refractivity contribution in [2.45, 2.75) is 20.8 Å². The van der Waals surface area contributed by atoms with Gasteiger partial charge in [0.05, 0.1) is 6.54 Å². The average Bonchev–Trinajstić information content (AvgIpc) is 2.20. The highest BCUT2D eigenvalue weighted by atomic mass is 16.2. The number of likely N-dealkylation sites (N-methyl/N-ethyl adjacent to an activating group) is 1. The number of hydrogen-bond acceptors (Lipinski definition) is 2. The zero-order chi connectivity index (χ0) is 12.3. The Balaban J connectivity index is 2.75. The van der Waals surface area contributed by atoms with Crippen LogP contribution in [0.2, 0.25) is 0 Å². The van der Waals surface area contributed by atoms with E-state index in [1.807, 2.05) is 0 Å². The lowest BCUT2D eigenvalue weighted by Crippen LogP contribution is -2.28. The highest BCUT2D eigenvalue weighted by Gasteiger charge is 2.05. The molecule has 1 rings (SSSR count). The summed E-state index contributed by atoms with van der Waals surface area (Å²) in [4.78, 5) is 13.0. The molecule has 1 aromatic rings. The van der Waals surface area contributed by atoms with E-state index in [9.17, 15) is 4.79 Å². The van der Waals surface area contributed by atoms with E-state index in [1.54, 1.807) is 19.0 Å². The van der Waals surface area contributed by atoms with E-state index >= 15 is 0 Å². The van der Waals surface area contributed by atoms with E-state index in [-0.39, 0.29) is 5.91 Å². The van der Waals surface area contributed by atoms with Crippen LogP contribution in [0.3, 0.4) is 0 Å². The zero-order valence-corrected chi connectivity index (χ0v) is 10.7. The lowest BCUT2D eigenvalue weighted by molar-refractivity contribution is -0.126. The lowest BCUT2D eigenvalue weighted by atomic mass is 10.1. The second-order valence-corrected chi connectivity index (χ2v) is 4.39. The van der Waals surface area contributed by atoms with Gasteiger partial charge in [-0.15, -0.1) is 0 Å². The van der Waals surface area contributed by atoms with Gasteiger partial charge in [-0.1, -0.05) is 6.07 Å². The molecule has 0 aliphatic heterocycles. The third kappa shape index (κ3) is 2.99. The first-order valence-electron chi connectivity index (χ1n) is 5.43. The highest BCUT2D eigenvalue weighted by molar-refractivity contribution is 5.80. The van der Waals surface area contributed by atoms with Crippen molar-refractivity contribution < 1.29 is 4.79 Å². The van der Waals surface area contributed by atoms with Crippen LogP contribution in [0.5, 0.6) is 0 Å². The Morgan fingerprint density at radius 1 is 1.12 bits per heavy atom.